The molecule has 1 N–H and O–H groups in total. The monoisotopic (exact) mass is 344 g/mol. The Hall–Kier alpha value is -1.85. The van der Waals surface area contributed by atoms with Gasteiger partial charge in [0.15, 0.2) is 0 Å². The van der Waals surface area contributed by atoms with Gasteiger partial charge in [-0.25, -0.2) is 0 Å². The van der Waals surface area contributed by atoms with Crippen molar-refractivity contribution in [1.82, 2.24) is 5.32 Å². The van der Waals surface area contributed by atoms with Crippen LogP contribution in [0.2, 0.25) is 0 Å². The predicted molar refractivity (Wildman–Crippen MR) is 98.8 cm³/mol. The molecule has 0 bridgehead atoms. The minimum Gasteiger partial charge on any atom is -0.378 e. The molecule has 1 amide bonds. The van der Waals surface area contributed by atoms with Crippen LogP contribution in [0.3, 0.4) is 0 Å². The molecule has 3 rings (SSSR count). The van der Waals surface area contributed by atoms with Crippen molar-refractivity contribution in [3.05, 3.63) is 52.2 Å². The van der Waals surface area contributed by atoms with Crippen molar-refractivity contribution in [2.45, 2.75) is 19.3 Å². The summed E-state index contributed by atoms with van der Waals surface area (Å²) in [6.45, 7) is 4.29. The Kier molecular flexibility index (Phi) is 6.26. The van der Waals surface area contributed by atoms with Gasteiger partial charge in [0, 0.05) is 30.2 Å². The van der Waals surface area contributed by atoms with Crippen molar-refractivity contribution < 1.29 is 9.53 Å². The lowest BCUT2D eigenvalue weighted by molar-refractivity contribution is -0.120. The molecule has 0 spiro atoms. The number of aryl methyl sites for hydroxylation is 1. The highest BCUT2D eigenvalue weighted by Gasteiger charge is 2.10. The summed E-state index contributed by atoms with van der Waals surface area (Å²) < 4.78 is 5.39. The molecule has 1 aromatic heterocycles. The quantitative estimate of drug-likeness (QED) is 0.785. The van der Waals surface area contributed by atoms with E-state index in [4.69, 9.17) is 4.74 Å². The van der Waals surface area contributed by atoms with Crippen molar-refractivity contribution in [1.29, 1.82) is 0 Å². The first kappa shape index (κ1) is 17.0. The first-order valence-corrected chi connectivity index (χ1v) is 9.40. The number of thiophene rings is 1. The Morgan fingerprint density at radius 1 is 1.17 bits per heavy atom. The molecule has 2 heterocycles. The maximum absolute atomic E-state index is 11.8. The molecule has 0 unspecified atom stereocenters. The average Bonchev–Trinajstić information content (AvgIpc) is 3.13. The standard InChI is InChI=1S/C19H24N2O2S/c22-19(15-18-4-2-14-24-18)20-9-1-3-16-5-7-17(8-6-16)21-10-12-23-13-11-21/h2,4-8,14H,1,3,9-13,15H2,(H,20,22). The third kappa shape index (κ3) is 5.08. The molecular formula is C19H24N2O2S. The van der Waals surface area contributed by atoms with Crippen LogP contribution in [0.5, 0.6) is 0 Å². The highest BCUT2D eigenvalue weighted by atomic mass is 32.1. The number of carbonyl (C=O) groups is 1. The van der Waals surface area contributed by atoms with Crippen LogP contribution in [0.25, 0.3) is 0 Å². The molecule has 5 heteroatoms. The van der Waals surface area contributed by atoms with Gasteiger partial charge in [-0.1, -0.05) is 18.2 Å². The molecule has 128 valence electrons. The lowest BCUT2D eigenvalue weighted by Gasteiger charge is -2.28. The first-order valence-electron chi connectivity index (χ1n) is 8.52. The lowest BCUT2D eigenvalue weighted by atomic mass is 10.1. The minimum absolute atomic E-state index is 0.111. The van der Waals surface area contributed by atoms with Crippen molar-refractivity contribution >= 4 is 22.9 Å². The highest BCUT2D eigenvalue weighted by molar-refractivity contribution is 7.10. The number of rotatable bonds is 7. The van der Waals surface area contributed by atoms with Gasteiger partial charge in [0.1, 0.15) is 0 Å². The zero-order chi connectivity index (χ0) is 16.6. The number of carbonyl (C=O) groups excluding carboxylic acids is 1. The summed E-state index contributed by atoms with van der Waals surface area (Å²) >= 11 is 1.63. The van der Waals surface area contributed by atoms with Gasteiger partial charge in [0.2, 0.25) is 5.91 Å². The van der Waals surface area contributed by atoms with E-state index in [0.717, 1.165) is 50.6 Å². The van der Waals surface area contributed by atoms with Gasteiger partial charge in [-0.15, -0.1) is 11.3 Å². The summed E-state index contributed by atoms with van der Waals surface area (Å²) in [5, 5.41) is 5.00. The molecule has 1 fully saturated rings. The maximum atomic E-state index is 11.8. The second-order valence-corrected chi connectivity index (χ2v) is 7.01. The largest absolute Gasteiger partial charge is 0.378 e. The number of nitrogens with one attached hydrogen (secondary N) is 1. The molecule has 1 saturated heterocycles. The van der Waals surface area contributed by atoms with Gasteiger partial charge < -0.3 is 15.0 Å². The van der Waals surface area contributed by atoms with Crippen LogP contribution >= 0.6 is 11.3 Å². The fourth-order valence-electron chi connectivity index (χ4n) is 2.85. The summed E-state index contributed by atoms with van der Waals surface area (Å²) in [4.78, 5) is 15.3. The normalized spacial score (nSPS) is 14.6. The summed E-state index contributed by atoms with van der Waals surface area (Å²) in [5.41, 5.74) is 2.59. The van der Waals surface area contributed by atoms with Crippen LogP contribution in [0, 0.1) is 0 Å². The SMILES string of the molecule is O=C(Cc1cccs1)NCCCc1ccc(N2CCOCC2)cc1. The molecular weight excluding hydrogens is 320 g/mol. The van der Waals surface area contributed by atoms with Gasteiger partial charge >= 0.3 is 0 Å². The number of hydrogen-bond acceptors (Lipinski definition) is 4. The second kappa shape index (κ2) is 8.85. The fraction of sp³-hybridized carbons (Fsp3) is 0.421. The Morgan fingerprint density at radius 2 is 1.96 bits per heavy atom. The molecule has 2 aromatic rings. The smallest absolute Gasteiger partial charge is 0.225 e. The van der Waals surface area contributed by atoms with Crippen molar-refractivity contribution in [3.8, 4) is 0 Å². The fourth-order valence-corrected chi connectivity index (χ4v) is 3.55. The van der Waals surface area contributed by atoms with E-state index >= 15 is 0 Å². The molecule has 1 aliphatic rings. The summed E-state index contributed by atoms with van der Waals surface area (Å²) in [5.74, 6) is 0.111. The zero-order valence-electron chi connectivity index (χ0n) is 13.9. The van der Waals surface area contributed by atoms with Crippen molar-refractivity contribution in [2.75, 3.05) is 37.7 Å². The highest BCUT2D eigenvalue weighted by Crippen LogP contribution is 2.17. The van der Waals surface area contributed by atoms with Crippen molar-refractivity contribution in [3.63, 3.8) is 0 Å². The summed E-state index contributed by atoms with van der Waals surface area (Å²) in [6, 6.07) is 12.7. The summed E-state index contributed by atoms with van der Waals surface area (Å²) in [7, 11) is 0. The molecule has 24 heavy (non-hydrogen) atoms. The van der Waals surface area contributed by atoms with E-state index in [-0.39, 0.29) is 5.91 Å². The van der Waals surface area contributed by atoms with Crippen LogP contribution in [-0.4, -0.2) is 38.8 Å². The van der Waals surface area contributed by atoms with Crippen LogP contribution in [0.15, 0.2) is 41.8 Å². The number of benzene rings is 1. The van der Waals surface area contributed by atoms with Crippen LogP contribution in [-0.2, 0) is 22.4 Å². The van der Waals surface area contributed by atoms with E-state index in [9.17, 15) is 4.79 Å². The number of amides is 1. The maximum Gasteiger partial charge on any atom is 0.225 e. The molecule has 0 atom stereocenters. The number of hydrogen-bond donors (Lipinski definition) is 1. The first-order chi connectivity index (χ1) is 11.8. The van der Waals surface area contributed by atoms with Gasteiger partial charge in [-0.2, -0.15) is 0 Å². The molecule has 0 aliphatic carbocycles. The molecule has 4 nitrogen and oxygen atoms in total. The minimum atomic E-state index is 0.111. The molecule has 1 aliphatic heterocycles. The van der Waals surface area contributed by atoms with Gasteiger partial charge in [0.05, 0.1) is 19.6 Å². The van der Waals surface area contributed by atoms with E-state index in [0.29, 0.717) is 6.42 Å². The van der Waals surface area contributed by atoms with Crippen LogP contribution in [0.1, 0.15) is 16.9 Å². The van der Waals surface area contributed by atoms with Gasteiger partial charge in [0.25, 0.3) is 0 Å². The Bertz CT molecular complexity index is 619. The topological polar surface area (TPSA) is 41.6 Å². The second-order valence-electron chi connectivity index (χ2n) is 5.98. The predicted octanol–water partition coefficient (Wildman–Crippen LogP) is 2.88. The van der Waals surface area contributed by atoms with Gasteiger partial charge in [-0.3, -0.25) is 4.79 Å². The third-order valence-electron chi connectivity index (χ3n) is 4.19. The molecule has 0 radical (unpaired) electrons. The van der Waals surface area contributed by atoms with Crippen LogP contribution in [0.4, 0.5) is 5.69 Å². The Labute approximate surface area is 147 Å². The van der Waals surface area contributed by atoms with E-state index in [1.54, 1.807) is 11.3 Å². The number of morpholine rings is 1. The number of ether oxygens (including phenoxy) is 1. The van der Waals surface area contributed by atoms with E-state index < -0.39 is 0 Å². The Morgan fingerprint density at radius 3 is 2.67 bits per heavy atom. The van der Waals surface area contributed by atoms with E-state index in [1.165, 1.54) is 11.3 Å². The summed E-state index contributed by atoms with van der Waals surface area (Å²) in [6.07, 6.45) is 2.45. The number of anilines is 1. The lowest BCUT2D eigenvalue weighted by Crippen LogP contribution is -2.36. The van der Waals surface area contributed by atoms with Gasteiger partial charge in [-0.05, 0) is 42.0 Å². The molecule has 1 aromatic carbocycles. The Balaban J connectivity index is 1.36. The third-order valence-corrected chi connectivity index (χ3v) is 5.07. The van der Waals surface area contributed by atoms with E-state index in [1.807, 2.05) is 17.5 Å². The number of nitrogens with zero attached hydrogens (tertiary/aromatic N) is 1. The molecule has 0 saturated carbocycles. The van der Waals surface area contributed by atoms with E-state index in [2.05, 4.69) is 34.5 Å². The zero-order valence-corrected chi connectivity index (χ0v) is 14.7. The van der Waals surface area contributed by atoms with Crippen LogP contribution < -0.4 is 10.2 Å². The van der Waals surface area contributed by atoms with Crippen molar-refractivity contribution in [2.24, 2.45) is 0 Å². The average molecular weight is 344 g/mol.